The van der Waals surface area contributed by atoms with Crippen LogP contribution in [0.25, 0.3) is 11.4 Å². The van der Waals surface area contributed by atoms with Crippen LogP contribution in [-0.2, 0) is 9.59 Å². The van der Waals surface area contributed by atoms with E-state index in [4.69, 9.17) is 9.47 Å². The molecule has 3 N–H and O–H groups in total. The largest absolute Gasteiger partial charge is 0.481 e. The van der Waals surface area contributed by atoms with Crippen molar-refractivity contribution in [3.8, 4) is 23.1 Å². The van der Waals surface area contributed by atoms with Gasteiger partial charge in [0.2, 0.25) is 24.1 Å². The Bertz CT molecular complexity index is 932. The third-order valence-electron chi connectivity index (χ3n) is 4.87. The smallest absolute Gasteiger partial charge is 0.270 e. The van der Waals surface area contributed by atoms with E-state index in [1.807, 2.05) is 6.92 Å². The average Bonchev–Trinajstić information content (AvgIpc) is 2.85. The second-order valence-corrected chi connectivity index (χ2v) is 7.19. The standard InChI is InChI=1S/C22H29N5O6/c1-4-5-6-9-15(13-27(31)14-28)21(29)25-26-22(30)17-11-8-7-10-16(17)20-23-18(32-2)12-19(24-20)33-3/h7-8,10-12,14-15,31H,4-6,9,13H2,1-3H3,(H,25,29)(H,26,30)/t15-/m1/s1. The maximum Gasteiger partial charge on any atom is 0.270 e. The number of aromatic nitrogens is 2. The third-order valence-corrected chi connectivity index (χ3v) is 4.87. The Morgan fingerprint density at radius 2 is 1.79 bits per heavy atom. The maximum absolute atomic E-state index is 12.9. The first-order valence-electron chi connectivity index (χ1n) is 10.5. The van der Waals surface area contributed by atoms with Gasteiger partial charge in [-0.15, -0.1) is 0 Å². The summed E-state index contributed by atoms with van der Waals surface area (Å²) in [6.07, 6.45) is 3.29. The monoisotopic (exact) mass is 459 g/mol. The zero-order chi connectivity index (χ0) is 24.2. The van der Waals surface area contributed by atoms with Gasteiger partial charge in [0.25, 0.3) is 5.91 Å². The number of amides is 3. The van der Waals surface area contributed by atoms with Crippen molar-refractivity contribution in [2.75, 3.05) is 20.8 Å². The van der Waals surface area contributed by atoms with Crippen LogP contribution >= 0.6 is 0 Å². The number of nitrogens with one attached hydrogen (secondary N) is 2. The van der Waals surface area contributed by atoms with E-state index in [2.05, 4.69) is 20.8 Å². The molecule has 33 heavy (non-hydrogen) atoms. The third kappa shape index (κ3) is 7.42. The quantitative estimate of drug-likeness (QED) is 0.189. The highest BCUT2D eigenvalue weighted by Crippen LogP contribution is 2.25. The SMILES string of the molecule is CCCCC[C@H](CN(O)C=O)C(=O)NNC(=O)c1ccccc1-c1nc(OC)cc(OC)n1. The number of hydrogen-bond acceptors (Lipinski definition) is 8. The van der Waals surface area contributed by atoms with Crippen molar-refractivity contribution in [2.24, 2.45) is 5.92 Å². The number of benzene rings is 1. The lowest BCUT2D eigenvalue weighted by molar-refractivity contribution is -0.154. The highest BCUT2D eigenvalue weighted by Gasteiger charge is 2.22. The van der Waals surface area contributed by atoms with E-state index in [0.717, 1.165) is 19.3 Å². The molecule has 11 heteroatoms. The van der Waals surface area contributed by atoms with Crippen LogP contribution in [0.2, 0.25) is 0 Å². The van der Waals surface area contributed by atoms with Crippen molar-refractivity contribution in [2.45, 2.75) is 32.6 Å². The molecule has 0 aliphatic heterocycles. The summed E-state index contributed by atoms with van der Waals surface area (Å²) in [6.45, 7) is 1.85. The number of carbonyl (C=O) groups is 3. The highest BCUT2D eigenvalue weighted by molar-refractivity contribution is 6.01. The van der Waals surface area contributed by atoms with Crippen molar-refractivity contribution >= 4 is 18.2 Å². The number of carbonyl (C=O) groups excluding carboxylic acids is 3. The summed E-state index contributed by atoms with van der Waals surface area (Å²) in [7, 11) is 2.91. The van der Waals surface area contributed by atoms with Gasteiger partial charge >= 0.3 is 0 Å². The van der Waals surface area contributed by atoms with E-state index in [-0.39, 0.29) is 36.1 Å². The number of ether oxygens (including phenoxy) is 2. The molecule has 1 aromatic heterocycles. The Morgan fingerprint density at radius 1 is 1.12 bits per heavy atom. The van der Waals surface area contributed by atoms with Gasteiger partial charge in [-0.3, -0.25) is 30.4 Å². The number of hydrazine groups is 1. The number of rotatable bonds is 12. The molecule has 0 saturated heterocycles. The summed E-state index contributed by atoms with van der Waals surface area (Å²) in [6, 6.07) is 8.12. The van der Waals surface area contributed by atoms with Crippen molar-refractivity contribution < 1.29 is 29.1 Å². The lowest BCUT2D eigenvalue weighted by Crippen LogP contribution is -2.47. The molecule has 3 amide bonds. The van der Waals surface area contributed by atoms with E-state index in [1.165, 1.54) is 20.3 Å². The molecule has 1 heterocycles. The van der Waals surface area contributed by atoms with Crippen LogP contribution in [0.1, 0.15) is 43.0 Å². The van der Waals surface area contributed by atoms with Gasteiger partial charge in [0.15, 0.2) is 5.82 Å². The molecular formula is C22H29N5O6. The normalized spacial score (nSPS) is 11.3. The molecule has 0 fully saturated rings. The predicted octanol–water partition coefficient (Wildman–Crippen LogP) is 1.97. The van der Waals surface area contributed by atoms with E-state index in [0.29, 0.717) is 17.0 Å². The van der Waals surface area contributed by atoms with Gasteiger partial charge in [-0.1, -0.05) is 44.4 Å². The second-order valence-electron chi connectivity index (χ2n) is 7.19. The maximum atomic E-state index is 12.9. The zero-order valence-electron chi connectivity index (χ0n) is 18.9. The fourth-order valence-corrected chi connectivity index (χ4v) is 3.11. The lowest BCUT2D eigenvalue weighted by Gasteiger charge is -2.20. The second kappa shape index (κ2) is 13.0. The van der Waals surface area contributed by atoms with E-state index in [1.54, 1.807) is 24.3 Å². The molecule has 0 aliphatic rings. The molecule has 11 nitrogen and oxygen atoms in total. The molecule has 1 atom stereocenters. The van der Waals surface area contributed by atoms with Gasteiger partial charge in [0.05, 0.1) is 38.3 Å². The van der Waals surface area contributed by atoms with Gasteiger partial charge in [0, 0.05) is 5.56 Å². The lowest BCUT2D eigenvalue weighted by atomic mass is 10.0. The van der Waals surface area contributed by atoms with Crippen molar-refractivity contribution in [3.63, 3.8) is 0 Å². The van der Waals surface area contributed by atoms with Crippen LogP contribution in [0.4, 0.5) is 0 Å². The molecule has 0 aliphatic carbocycles. The predicted molar refractivity (Wildman–Crippen MR) is 118 cm³/mol. The van der Waals surface area contributed by atoms with E-state index >= 15 is 0 Å². The van der Waals surface area contributed by atoms with Crippen molar-refractivity contribution in [1.29, 1.82) is 0 Å². The van der Waals surface area contributed by atoms with Gasteiger partial charge < -0.3 is 9.47 Å². The molecule has 2 aromatic rings. The summed E-state index contributed by atoms with van der Waals surface area (Å²) >= 11 is 0. The van der Waals surface area contributed by atoms with E-state index in [9.17, 15) is 19.6 Å². The van der Waals surface area contributed by atoms with Crippen LogP contribution in [0.15, 0.2) is 30.3 Å². The van der Waals surface area contributed by atoms with Crippen molar-refractivity contribution in [1.82, 2.24) is 25.9 Å². The molecule has 0 spiro atoms. The highest BCUT2D eigenvalue weighted by atomic mass is 16.5. The number of methoxy groups -OCH3 is 2. The molecule has 0 saturated carbocycles. The van der Waals surface area contributed by atoms with Crippen LogP contribution in [-0.4, -0.2) is 59.2 Å². The molecule has 0 unspecified atom stereocenters. The van der Waals surface area contributed by atoms with Crippen LogP contribution in [0.5, 0.6) is 11.8 Å². The molecule has 0 radical (unpaired) electrons. The Hall–Kier alpha value is -3.73. The first kappa shape index (κ1) is 25.5. The van der Waals surface area contributed by atoms with Gasteiger partial charge in [0.1, 0.15) is 0 Å². The minimum absolute atomic E-state index is 0.178. The Morgan fingerprint density at radius 3 is 2.39 bits per heavy atom. The van der Waals surface area contributed by atoms with E-state index < -0.39 is 17.7 Å². The molecule has 178 valence electrons. The summed E-state index contributed by atoms with van der Waals surface area (Å²) in [4.78, 5) is 44.8. The minimum Gasteiger partial charge on any atom is -0.481 e. The summed E-state index contributed by atoms with van der Waals surface area (Å²) in [5.41, 5.74) is 5.38. The minimum atomic E-state index is -0.687. The summed E-state index contributed by atoms with van der Waals surface area (Å²) in [5, 5.41) is 9.92. The van der Waals surface area contributed by atoms with Gasteiger partial charge in [-0.05, 0) is 12.5 Å². The first-order chi connectivity index (χ1) is 15.9. The molecule has 1 aromatic carbocycles. The van der Waals surface area contributed by atoms with Crippen LogP contribution < -0.4 is 20.3 Å². The number of nitrogens with zero attached hydrogens (tertiary/aromatic N) is 3. The summed E-state index contributed by atoms with van der Waals surface area (Å²) in [5.74, 6) is -1.06. The van der Waals surface area contributed by atoms with Crippen molar-refractivity contribution in [3.05, 3.63) is 35.9 Å². The van der Waals surface area contributed by atoms with Crippen LogP contribution in [0.3, 0.4) is 0 Å². The molecule has 2 rings (SSSR count). The molecular weight excluding hydrogens is 430 g/mol. The zero-order valence-corrected chi connectivity index (χ0v) is 18.9. The number of unbranched alkanes of at least 4 members (excludes halogenated alkanes) is 2. The van der Waals surface area contributed by atoms with Gasteiger partial charge in [-0.2, -0.15) is 9.97 Å². The first-order valence-corrected chi connectivity index (χ1v) is 10.5. The number of hydrogen-bond donors (Lipinski definition) is 3. The Kier molecular flexibility index (Phi) is 10.0. The topological polar surface area (TPSA) is 143 Å². The van der Waals surface area contributed by atoms with Crippen LogP contribution in [0, 0.1) is 5.92 Å². The fourth-order valence-electron chi connectivity index (χ4n) is 3.11. The number of hydroxylamine groups is 2. The Labute approximate surface area is 192 Å². The average molecular weight is 460 g/mol. The fraction of sp³-hybridized carbons (Fsp3) is 0.409. The summed E-state index contributed by atoms with van der Waals surface area (Å²) < 4.78 is 10.3. The van der Waals surface area contributed by atoms with Gasteiger partial charge in [-0.25, -0.2) is 5.06 Å². The molecule has 0 bridgehead atoms. The Balaban J connectivity index is 2.17.